The summed E-state index contributed by atoms with van der Waals surface area (Å²) in [6.07, 6.45) is 0.0502. The standard InChI is InChI=1S/C19H22N2O6/c1-20(12-14-6-8-17(26-3)18(10-14)27-4)19(22)11-13-5-7-16(25-2)15(9-13)21(23)24/h5-10H,11-12H2,1-4H3. The van der Waals surface area contributed by atoms with Crippen LogP contribution in [-0.4, -0.2) is 44.1 Å². The van der Waals surface area contributed by atoms with Crippen molar-refractivity contribution >= 4 is 11.6 Å². The molecule has 0 bridgehead atoms. The third kappa shape index (κ3) is 4.87. The summed E-state index contributed by atoms with van der Waals surface area (Å²) in [4.78, 5) is 24.6. The van der Waals surface area contributed by atoms with E-state index < -0.39 is 4.92 Å². The Balaban J connectivity index is 2.10. The third-order valence-corrected chi connectivity index (χ3v) is 4.09. The molecule has 0 N–H and O–H groups in total. The second-order valence-corrected chi connectivity index (χ2v) is 5.88. The topological polar surface area (TPSA) is 91.1 Å². The van der Waals surface area contributed by atoms with Gasteiger partial charge in [0.1, 0.15) is 0 Å². The second kappa shape index (κ2) is 8.88. The van der Waals surface area contributed by atoms with E-state index in [0.717, 1.165) is 5.56 Å². The summed E-state index contributed by atoms with van der Waals surface area (Å²) in [7, 11) is 6.15. The zero-order chi connectivity index (χ0) is 20.0. The predicted molar refractivity (Wildman–Crippen MR) is 99.4 cm³/mol. The van der Waals surface area contributed by atoms with Gasteiger partial charge in [0.2, 0.25) is 5.91 Å². The van der Waals surface area contributed by atoms with Gasteiger partial charge in [0, 0.05) is 19.7 Å². The van der Waals surface area contributed by atoms with E-state index in [1.165, 1.54) is 19.2 Å². The number of nitro groups is 1. The van der Waals surface area contributed by atoms with Gasteiger partial charge in [-0.3, -0.25) is 14.9 Å². The summed E-state index contributed by atoms with van der Waals surface area (Å²) in [5.41, 5.74) is 1.27. The quantitative estimate of drug-likeness (QED) is 0.521. The minimum absolute atomic E-state index is 0.0502. The molecule has 0 atom stereocenters. The van der Waals surface area contributed by atoms with E-state index in [2.05, 4.69) is 0 Å². The molecule has 0 aliphatic heterocycles. The van der Waals surface area contributed by atoms with Crippen molar-refractivity contribution in [3.63, 3.8) is 0 Å². The molecule has 8 nitrogen and oxygen atoms in total. The molecule has 2 rings (SSSR count). The fourth-order valence-electron chi connectivity index (χ4n) is 2.64. The molecule has 0 unspecified atom stereocenters. The van der Waals surface area contributed by atoms with Crippen LogP contribution in [0.3, 0.4) is 0 Å². The molecule has 0 saturated carbocycles. The first-order chi connectivity index (χ1) is 12.9. The van der Waals surface area contributed by atoms with E-state index >= 15 is 0 Å². The van der Waals surface area contributed by atoms with Gasteiger partial charge >= 0.3 is 5.69 Å². The fraction of sp³-hybridized carbons (Fsp3) is 0.316. The molecule has 2 aromatic rings. The monoisotopic (exact) mass is 374 g/mol. The normalized spacial score (nSPS) is 10.2. The highest BCUT2D eigenvalue weighted by Crippen LogP contribution is 2.29. The minimum Gasteiger partial charge on any atom is -0.493 e. The van der Waals surface area contributed by atoms with Crippen LogP contribution in [0.25, 0.3) is 0 Å². The molecular formula is C19H22N2O6. The maximum atomic E-state index is 12.5. The van der Waals surface area contributed by atoms with E-state index in [1.807, 2.05) is 6.07 Å². The molecule has 0 radical (unpaired) electrons. The first kappa shape index (κ1) is 20.0. The van der Waals surface area contributed by atoms with E-state index in [1.54, 1.807) is 44.4 Å². The average Bonchev–Trinajstić information content (AvgIpc) is 2.67. The first-order valence-electron chi connectivity index (χ1n) is 8.15. The van der Waals surface area contributed by atoms with E-state index in [-0.39, 0.29) is 23.8 Å². The van der Waals surface area contributed by atoms with Crippen LogP contribution in [0.1, 0.15) is 11.1 Å². The molecule has 0 aliphatic rings. The summed E-state index contributed by atoms with van der Waals surface area (Å²) in [6, 6.07) is 9.94. The number of amides is 1. The van der Waals surface area contributed by atoms with Crippen LogP contribution < -0.4 is 14.2 Å². The predicted octanol–water partition coefficient (Wildman–Crippen LogP) is 2.82. The van der Waals surface area contributed by atoms with Crippen molar-refractivity contribution in [2.75, 3.05) is 28.4 Å². The smallest absolute Gasteiger partial charge is 0.311 e. The minimum atomic E-state index is -0.528. The molecular weight excluding hydrogens is 352 g/mol. The van der Waals surface area contributed by atoms with Crippen molar-refractivity contribution in [1.82, 2.24) is 4.90 Å². The molecule has 0 heterocycles. The fourth-order valence-corrected chi connectivity index (χ4v) is 2.64. The Morgan fingerprint density at radius 1 is 0.963 bits per heavy atom. The van der Waals surface area contributed by atoms with Gasteiger partial charge in [-0.1, -0.05) is 12.1 Å². The van der Waals surface area contributed by atoms with E-state index in [0.29, 0.717) is 23.6 Å². The van der Waals surface area contributed by atoms with Crippen LogP contribution in [0.2, 0.25) is 0 Å². The lowest BCUT2D eigenvalue weighted by molar-refractivity contribution is -0.385. The lowest BCUT2D eigenvalue weighted by Gasteiger charge is -2.18. The zero-order valence-electron chi connectivity index (χ0n) is 15.7. The summed E-state index contributed by atoms with van der Waals surface area (Å²) in [6.45, 7) is 0.372. The first-order valence-corrected chi connectivity index (χ1v) is 8.15. The highest BCUT2D eigenvalue weighted by atomic mass is 16.6. The van der Waals surface area contributed by atoms with Crippen LogP contribution in [0.5, 0.6) is 17.2 Å². The second-order valence-electron chi connectivity index (χ2n) is 5.88. The molecule has 0 fully saturated rings. The number of hydrogen-bond acceptors (Lipinski definition) is 6. The maximum Gasteiger partial charge on any atom is 0.311 e. The highest BCUT2D eigenvalue weighted by molar-refractivity contribution is 5.79. The van der Waals surface area contributed by atoms with Gasteiger partial charge in [-0.05, 0) is 29.3 Å². The number of nitrogens with zero attached hydrogens (tertiary/aromatic N) is 2. The number of methoxy groups -OCH3 is 3. The molecule has 0 aromatic heterocycles. The number of nitro benzene ring substituents is 1. The molecule has 0 aliphatic carbocycles. The zero-order valence-corrected chi connectivity index (χ0v) is 15.7. The van der Waals surface area contributed by atoms with Crippen molar-refractivity contribution in [3.8, 4) is 17.2 Å². The lowest BCUT2D eigenvalue weighted by atomic mass is 10.1. The molecule has 0 saturated heterocycles. The molecule has 1 amide bonds. The Morgan fingerprint density at radius 3 is 2.15 bits per heavy atom. The largest absolute Gasteiger partial charge is 0.493 e. The average molecular weight is 374 g/mol. The number of ether oxygens (including phenoxy) is 3. The Labute approximate surface area is 157 Å². The van der Waals surface area contributed by atoms with Gasteiger partial charge in [0.25, 0.3) is 0 Å². The van der Waals surface area contributed by atoms with Gasteiger partial charge in [-0.2, -0.15) is 0 Å². The molecule has 0 spiro atoms. The summed E-state index contributed by atoms with van der Waals surface area (Å²) in [5.74, 6) is 1.20. The SMILES string of the molecule is COc1ccc(CN(C)C(=O)Cc2ccc(OC)c([N+](=O)[O-])c2)cc1OC. The number of carbonyl (C=O) groups is 1. The summed E-state index contributed by atoms with van der Waals surface area (Å²) >= 11 is 0. The number of carbonyl (C=O) groups excluding carboxylic acids is 1. The Kier molecular flexibility index (Phi) is 6.59. The van der Waals surface area contributed by atoms with Crippen molar-refractivity contribution in [3.05, 3.63) is 57.6 Å². The Bertz CT molecular complexity index is 837. The van der Waals surface area contributed by atoms with Crippen LogP contribution in [0.4, 0.5) is 5.69 Å². The van der Waals surface area contributed by atoms with E-state index in [4.69, 9.17) is 14.2 Å². The van der Waals surface area contributed by atoms with Crippen LogP contribution in [-0.2, 0) is 17.8 Å². The van der Waals surface area contributed by atoms with E-state index in [9.17, 15) is 14.9 Å². The van der Waals surface area contributed by atoms with Gasteiger partial charge in [0.05, 0.1) is 32.7 Å². The molecule has 2 aromatic carbocycles. The van der Waals surface area contributed by atoms with Gasteiger partial charge in [-0.25, -0.2) is 0 Å². The third-order valence-electron chi connectivity index (χ3n) is 4.09. The summed E-state index contributed by atoms with van der Waals surface area (Å²) in [5, 5.41) is 11.1. The number of rotatable bonds is 8. The van der Waals surface area contributed by atoms with Crippen LogP contribution >= 0.6 is 0 Å². The van der Waals surface area contributed by atoms with Crippen molar-refractivity contribution in [2.24, 2.45) is 0 Å². The van der Waals surface area contributed by atoms with Gasteiger partial charge in [-0.15, -0.1) is 0 Å². The Hall–Kier alpha value is -3.29. The molecule has 8 heteroatoms. The van der Waals surface area contributed by atoms with Gasteiger partial charge in [0.15, 0.2) is 17.2 Å². The van der Waals surface area contributed by atoms with Crippen molar-refractivity contribution < 1.29 is 23.9 Å². The van der Waals surface area contributed by atoms with Crippen molar-refractivity contribution in [2.45, 2.75) is 13.0 Å². The van der Waals surface area contributed by atoms with Gasteiger partial charge < -0.3 is 19.1 Å². The lowest BCUT2D eigenvalue weighted by Crippen LogP contribution is -2.27. The van der Waals surface area contributed by atoms with Crippen LogP contribution in [0.15, 0.2) is 36.4 Å². The van der Waals surface area contributed by atoms with Crippen molar-refractivity contribution in [1.29, 1.82) is 0 Å². The highest BCUT2D eigenvalue weighted by Gasteiger charge is 2.18. The number of hydrogen-bond donors (Lipinski definition) is 0. The number of likely N-dealkylation sites (N-methyl/N-ethyl adjacent to an activating group) is 1. The maximum absolute atomic E-state index is 12.5. The molecule has 144 valence electrons. The summed E-state index contributed by atoms with van der Waals surface area (Å²) < 4.78 is 15.4. The Morgan fingerprint density at radius 2 is 1.56 bits per heavy atom. The number of benzene rings is 2. The van der Waals surface area contributed by atoms with Crippen LogP contribution in [0, 0.1) is 10.1 Å². The molecule has 27 heavy (non-hydrogen) atoms.